The van der Waals surface area contributed by atoms with Crippen LogP contribution in [0, 0.1) is 0 Å². The fourth-order valence-corrected chi connectivity index (χ4v) is 4.66. The van der Waals surface area contributed by atoms with Gasteiger partial charge in [0, 0.05) is 28.5 Å². The molecule has 2 aliphatic rings. The van der Waals surface area contributed by atoms with Gasteiger partial charge in [0.1, 0.15) is 5.75 Å². The lowest BCUT2D eigenvalue weighted by Gasteiger charge is -2.13. The van der Waals surface area contributed by atoms with E-state index in [0.717, 1.165) is 22.3 Å². The molecule has 0 fully saturated rings. The number of phenols is 1. The van der Waals surface area contributed by atoms with Gasteiger partial charge >= 0.3 is 0 Å². The van der Waals surface area contributed by atoms with Crippen molar-refractivity contribution >= 4 is 40.3 Å². The molecule has 1 aromatic carbocycles. The molecule has 4 N–H and O–H groups in total. The fourth-order valence-electron chi connectivity index (χ4n) is 2.40. The molecule has 8 heteroatoms. The first-order valence-corrected chi connectivity index (χ1v) is 9.61. The zero-order valence-electron chi connectivity index (χ0n) is 13.5. The molecule has 6 nitrogen and oxygen atoms in total. The summed E-state index contributed by atoms with van der Waals surface area (Å²) in [6.07, 6.45) is 0.477. The summed E-state index contributed by atoms with van der Waals surface area (Å²) in [6.45, 7) is 3.86. The van der Waals surface area contributed by atoms with Crippen LogP contribution in [0.2, 0.25) is 0 Å². The topological polar surface area (TPSA) is 85.8 Å². The standard InChI is InChI=1S/C16H20N4O2S2/c1-3-13(22)20-16-17-9(2)14(24-16)12-8-23-15(19-12)18-10-4-6-11(21)7-5-10/h4-7,12,16-17,21H,3,8H2,1-2H3,(H,18,19)(H,20,22). The summed E-state index contributed by atoms with van der Waals surface area (Å²) in [6, 6.07) is 7.02. The van der Waals surface area contributed by atoms with Gasteiger partial charge in [0.2, 0.25) is 5.91 Å². The fraction of sp³-hybridized carbons (Fsp3) is 0.375. The molecule has 0 saturated carbocycles. The summed E-state index contributed by atoms with van der Waals surface area (Å²) in [5, 5.41) is 19.7. The summed E-state index contributed by atoms with van der Waals surface area (Å²) in [5.74, 6) is 1.15. The Hall–Kier alpha value is -1.80. The minimum atomic E-state index is -0.109. The molecular formula is C16H20N4O2S2. The summed E-state index contributed by atoms with van der Waals surface area (Å²) < 4.78 is 0. The first kappa shape index (κ1) is 17.0. The molecule has 1 amide bonds. The van der Waals surface area contributed by atoms with E-state index in [1.54, 1.807) is 35.7 Å². The third kappa shape index (κ3) is 3.99. The number of aromatic hydroxyl groups is 1. The number of nitrogens with one attached hydrogen (secondary N) is 3. The van der Waals surface area contributed by atoms with E-state index in [1.807, 2.05) is 26.0 Å². The normalized spacial score (nSPS) is 23.0. The third-order valence-electron chi connectivity index (χ3n) is 3.65. The molecule has 0 aromatic heterocycles. The van der Waals surface area contributed by atoms with Gasteiger partial charge in [-0.25, -0.2) is 0 Å². The highest BCUT2D eigenvalue weighted by atomic mass is 32.2. The lowest BCUT2D eigenvalue weighted by molar-refractivity contribution is -0.121. The summed E-state index contributed by atoms with van der Waals surface area (Å²) in [4.78, 5) is 17.5. The van der Waals surface area contributed by atoms with Crippen molar-refractivity contribution in [1.29, 1.82) is 0 Å². The van der Waals surface area contributed by atoms with Crippen LogP contribution in [0.1, 0.15) is 20.3 Å². The van der Waals surface area contributed by atoms with E-state index in [2.05, 4.69) is 16.0 Å². The highest BCUT2D eigenvalue weighted by Crippen LogP contribution is 2.37. The van der Waals surface area contributed by atoms with Crippen molar-refractivity contribution in [3.8, 4) is 5.75 Å². The lowest BCUT2D eigenvalue weighted by Crippen LogP contribution is -2.39. The summed E-state index contributed by atoms with van der Waals surface area (Å²) >= 11 is 3.30. The second kappa shape index (κ2) is 7.40. The molecule has 2 aliphatic heterocycles. The van der Waals surface area contributed by atoms with Crippen molar-refractivity contribution in [1.82, 2.24) is 10.6 Å². The highest BCUT2D eigenvalue weighted by Gasteiger charge is 2.31. The van der Waals surface area contributed by atoms with Crippen LogP contribution < -0.4 is 16.0 Å². The molecule has 0 saturated heterocycles. The average Bonchev–Trinajstić information content (AvgIpc) is 3.16. The zero-order chi connectivity index (χ0) is 17.1. The van der Waals surface area contributed by atoms with Crippen LogP contribution in [0.5, 0.6) is 5.75 Å². The Morgan fingerprint density at radius 2 is 2.17 bits per heavy atom. The molecule has 0 aliphatic carbocycles. The van der Waals surface area contributed by atoms with Gasteiger partial charge in [-0.15, -0.1) is 0 Å². The van der Waals surface area contributed by atoms with Crippen molar-refractivity contribution in [2.75, 3.05) is 11.1 Å². The Balaban J connectivity index is 1.62. The van der Waals surface area contributed by atoms with E-state index < -0.39 is 0 Å². The highest BCUT2D eigenvalue weighted by molar-refractivity contribution is 8.14. The number of thioether (sulfide) groups is 2. The average molecular weight is 364 g/mol. The summed E-state index contributed by atoms with van der Waals surface area (Å²) in [5.41, 5.74) is 1.86. The molecule has 2 atom stereocenters. The Morgan fingerprint density at radius 3 is 2.88 bits per heavy atom. The number of nitrogens with zero attached hydrogens (tertiary/aromatic N) is 1. The number of amides is 1. The Labute approximate surface area is 149 Å². The van der Waals surface area contributed by atoms with Gasteiger partial charge in [-0.05, 0) is 31.2 Å². The summed E-state index contributed by atoms with van der Waals surface area (Å²) in [7, 11) is 0. The van der Waals surface area contributed by atoms with E-state index in [1.165, 1.54) is 4.91 Å². The van der Waals surface area contributed by atoms with Crippen LogP contribution >= 0.6 is 23.5 Å². The van der Waals surface area contributed by atoms with Crippen molar-refractivity contribution in [3.63, 3.8) is 0 Å². The SMILES string of the molecule is CCC(=O)NC1NC(C)=C(C2CSC(Nc3ccc(O)cc3)=N2)S1. The van der Waals surface area contributed by atoms with Gasteiger partial charge in [0.05, 0.1) is 6.04 Å². The Morgan fingerprint density at radius 1 is 1.42 bits per heavy atom. The van der Waals surface area contributed by atoms with Crippen LogP contribution in [0.4, 0.5) is 5.69 Å². The monoisotopic (exact) mass is 364 g/mol. The van der Waals surface area contributed by atoms with E-state index >= 15 is 0 Å². The van der Waals surface area contributed by atoms with Crippen molar-refractivity contribution in [2.45, 2.75) is 31.8 Å². The Kier molecular flexibility index (Phi) is 5.25. The largest absolute Gasteiger partial charge is 0.508 e. The molecule has 128 valence electrons. The van der Waals surface area contributed by atoms with Crippen LogP contribution in [0.25, 0.3) is 0 Å². The van der Waals surface area contributed by atoms with E-state index in [4.69, 9.17) is 4.99 Å². The van der Waals surface area contributed by atoms with E-state index in [9.17, 15) is 9.90 Å². The number of allylic oxidation sites excluding steroid dienone is 1. The molecule has 0 spiro atoms. The minimum Gasteiger partial charge on any atom is -0.508 e. The third-order valence-corrected chi connectivity index (χ3v) is 5.91. The maximum Gasteiger partial charge on any atom is 0.221 e. The first-order valence-electron chi connectivity index (χ1n) is 7.75. The number of aliphatic imine (C=N–C) groups is 1. The van der Waals surface area contributed by atoms with Gasteiger partial charge in [0.15, 0.2) is 10.7 Å². The van der Waals surface area contributed by atoms with Crippen LogP contribution in [0.15, 0.2) is 39.9 Å². The number of benzene rings is 1. The van der Waals surface area contributed by atoms with Crippen molar-refractivity contribution < 1.29 is 9.90 Å². The molecule has 24 heavy (non-hydrogen) atoms. The maximum atomic E-state index is 11.5. The number of carbonyl (C=O) groups excluding carboxylic acids is 1. The molecule has 0 radical (unpaired) electrons. The van der Waals surface area contributed by atoms with Gasteiger partial charge in [-0.2, -0.15) is 0 Å². The quantitative estimate of drug-likeness (QED) is 0.615. The number of hydrogen-bond donors (Lipinski definition) is 4. The predicted molar refractivity (Wildman–Crippen MR) is 101 cm³/mol. The Bertz CT molecular complexity index is 688. The first-order chi connectivity index (χ1) is 11.5. The lowest BCUT2D eigenvalue weighted by atomic mass is 10.3. The second-order valence-corrected chi connectivity index (χ2v) is 7.64. The molecule has 0 bridgehead atoms. The second-order valence-electron chi connectivity index (χ2n) is 5.49. The van der Waals surface area contributed by atoms with Crippen LogP contribution in [-0.2, 0) is 4.79 Å². The van der Waals surface area contributed by atoms with Gasteiger partial charge < -0.3 is 21.1 Å². The predicted octanol–water partition coefficient (Wildman–Crippen LogP) is 2.65. The number of amidine groups is 1. The molecule has 1 aromatic rings. The number of phenolic OH excluding ortho intramolecular Hbond substituents is 1. The smallest absolute Gasteiger partial charge is 0.221 e. The van der Waals surface area contributed by atoms with Crippen molar-refractivity contribution in [3.05, 3.63) is 34.9 Å². The van der Waals surface area contributed by atoms with E-state index in [-0.39, 0.29) is 23.2 Å². The molecule has 3 rings (SSSR count). The molecular weight excluding hydrogens is 344 g/mol. The van der Waals surface area contributed by atoms with Gasteiger partial charge in [0.25, 0.3) is 0 Å². The number of carbonyl (C=O) groups is 1. The van der Waals surface area contributed by atoms with Crippen LogP contribution in [-0.4, -0.2) is 33.5 Å². The number of anilines is 1. The maximum absolute atomic E-state index is 11.5. The zero-order valence-corrected chi connectivity index (χ0v) is 15.1. The van der Waals surface area contributed by atoms with Gasteiger partial charge in [-0.1, -0.05) is 30.4 Å². The molecule has 2 heterocycles. The van der Waals surface area contributed by atoms with Crippen molar-refractivity contribution in [2.24, 2.45) is 4.99 Å². The van der Waals surface area contributed by atoms with E-state index in [0.29, 0.717) is 6.42 Å². The number of rotatable bonds is 4. The minimum absolute atomic E-state index is 0.0352. The number of hydrogen-bond acceptors (Lipinski definition) is 7. The van der Waals surface area contributed by atoms with Crippen LogP contribution in [0.3, 0.4) is 0 Å². The molecule has 2 unspecified atom stereocenters. The van der Waals surface area contributed by atoms with Gasteiger partial charge in [-0.3, -0.25) is 9.79 Å².